The molecule has 0 amide bonds. The van der Waals surface area contributed by atoms with Crippen LogP contribution >= 0.6 is 0 Å². The zero-order valence-corrected chi connectivity index (χ0v) is 14.4. The molecule has 2 aromatic carbocycles. The molecule has 1 aliphatic rings. The smallest absolute Gasteiger partial charge is 0.0389 e. The number of nitrogens with zero attached hydrogens (tertiary/aromatic N) is 1. The Bertz CT molecular complexity index is 806. The minimum absolute atomic E-state index is 0.911. The van der Waals surface area contributed by atoms with Gasteiger partial charge in [-0.3, -0.25) is 4.99 Å². The largest absolute Gasteiger partial charge is 0.293 e. The molecule has 0 aliphatic heterocycles. The van der Waals surface area contributed by atoms with Gasteiger partial charge in [0.1, 0.15) is 0 Å². The summed E-state index contributed by atoms with van der Waals surface area (Å²) >= 11 is 0. The fourth-order valence-corrected chi connectivity index (χ4v) is 3.34. The van der Waals surface area contributed by atoms with E-state index < -0.39 is 0 Å². The summed E-state index contributed by atoms with van der Waals surface area (Å²) in [5.41, 5.74) is 6.90. The highest BCUT2D eigenvalue weighted by Gasteiger charge is 2.16. The van der Waals surface area contributed by atoms with Crippen LogP contribution in [0.5, 0.6) is 0 Å². The fraction of sp³-hybridized carbons (Fsp3) is 0.318. The van der Waals surface area contributed by atoms with Gasteiger partial charge in [-0.05, 0) is 54.2 Å². The maximum absolute atomic E-state index is 4.69. The highest BCUT2D eigenvalue weighted by atomic mass is 14.7. The van der Waals surface area contributed by atoms with Gasteiger partial charge in [0.2, 0.25) is 0 Å². The molecule has 1 nitrogen and oxygen atoms in total. The van der Waals surface area contributed by atoms with Crippen molar-refractivity contribution in [2.24, 2.45) is 4.99 Å². The van der Waals surface area contributed by atoms with Crippen molar-refractivity contribution in [3.05, 3.63) is 64.7 Å². The van der Waals surface area contributed by atoms with Crippen molar-refractivity contribution in [3.8, 4) is 0 Å². The third-order valence-electron chi connectivity index (χ3n) is 4.55. The number of fused-ring (bicyclic) bond motifs is 1. The number of rotatable bonds is 5. The second kappa shape index (κ2) is 6.95. The quantitative estimate of drug-likeness (QED) is 0.462. The SMILES string of the molecule is CCCCN=Cc1c(C2=C(C)C=C(C)C2)ccc2ccccc12. The predicted octanol–water partition coefficient (Wildman–Crippen LogP) is 6.18. The molecule has 1 aliphatic carbocycles. The summed E-state index contributed by atoms with van der Waals surface area (Å²) in [6.07, 6.45) is 7.80. The zero-order valence-electron chi connectivity index (χ0n) is 14.4. The molecule has 2 aromatic rings. The summed E-state index contributed by atoms with van der Waals surface area (Å²) in [5, 5.41) is 2.59. The lowest BCUT2D eigenvalue weighted by atomic mass is 9.92. The monoisotopic (exact) mass is 303 g/mol. The standard InChI is InChI=1S/C22H25N/c1-4-5-12-23-15-22-19-9-7-6-8-18(19)10-11-20(22)21-14-16(2)13-17(21)3/h6-11,13,15H,4-5,12,14H2,1-3H3. The molecule has 0 aromatic heterocycles. The van der Waals surface area contributed by atoms with E-state index in [1.165, 1.54) is 45.0 Å². The van der Waals surface area contributed by atoms with Crippen molar-refractivity contribution in [1.82, 2.24) is 0 Å². The van der Waals surface area contributed by atoms with Crippen LogP contribution in [-0.2, 0) is 0 Å². The van der Waals surface area contributed by atoms with Crippen LogP contribution in [0.15, 0.2) is 58.6 Å². The molecule has 0 bridgehead atoms. The van der Waals surface area contributed by atoms with Gasteiger partial charge in [0.05, 0.1) is 0 Å². The van der Waals surface area contributed by atoms with E-state index in [0.29, 0.717) is 0 Å². The van der Waals surface area contributed by atoms with Crippen molar-refractivity contribution in [3.63, 3.8) is 0 Å². The van der Waals surface area contributed by atoms with Gasteiger partial charge in [-0.1, -0.05) is 61.4 Å². The lowest BCUT2D eigenvalue weighted by Gasteiger charge is -2.13. The van der Waals surface area contributed by atoms with Gasteiger partial charge in [-0.25, -0.2) is 0 Å². The van der Waals surface area contributed by atoms with E-state index >= 15 is 0 Å². The summed E-state index contributed by atoms with van der Waals surface area (Å²) in [4.78, 5) is 4.69. The van der Waals surface area contributed by atoms with Crippen molar-refractivity contribution in [1.29, 1.82) is 0 Å². The summed E-state index contributed by atoms with van der Waals surface area (Å²) < 4.78 is 0. The molecule has 0 fully saturated rings. The second-order valence-electron chi connectivity index (χ2n) is 6.47. The lowest BCUT2D eigenvalue weighted by Crippen LogP contribution is -1.96. The zero-order chi connectivity index (χ0) is 16.2. The first kappa shape index (κ1) is 15.7. The maximum Gasteiger partial charge on any atom is 0.0389 e. The summed E-state index contributed by atoms with van der Waals surface area (Å²) in [5.74, 6) is 0. The number of allylic oxidation sites excluding steroid dienone is 4. The minimum atomic E-state index is 0.911. The molecule has 0 saturated carbocycles. The molecule has 0 N–H and O–H groups in total. The fourth-order valence-electron chi connectivity index (χ4n) is 3.34. The van der Waals surface area contributed by atoms with Crippen LogP contribution < -0.4 is 0 Å². The van der Waals surface area contributed by atoms with Gasteiger partial charge in [-0.2, -0.15) is 0 Å². The number of hydrogen-bond donors (Lipinski definition) is 0. The first-order valence-electron chi connectivity index (χ1n) is 8.59. The third kappa shape index (κ3) is 3.29. The Kier molecular flexibility index (Phi) is 4.76. The van der Waals surface area contributed by atoms with Gasteiger partial charge in [0, 0.05) is 18.3 Å². The Balaban J connectivity index is 2.10. The first-order chi connectivity index (χ1) is 11.2. The highest BCUT2D eigenvalue weighted by molar-refractivity contribution is 6.05. The number of aliphatic imine (C=N–C) groups is 1. The first-order valence-corrected chi connectivity index (χ1v) is 8.59. The molecule has 0 unspecified atom stereocenters. The van der Waals surface area contributed by atoms with Crippen LogP contribution in [0.4, 0.5) is 0 Å². The van der Waals surface area contributed by atoms with Crippen LogP contribution in [0.25, 0.3) is 16.3 Å². The minimum Gasteiger partial charge on any atom is -0.293 e. The van der Waals surface area contributed by atoms with Crippen molar-refractivity contribution in [2.75, 3.05) is 6.54 Å². The number of hydrogen-bond acceptors (Lipinski definition) is 1. The highest BCUT2D eigenvalue weighted by Crippen LogP contribution is 2.36. The predicted molar refractivity (Wildman–Crippen MR) is 102 cm³/mol. The molecule has 118 valence electrons. The van der Waals surface area contributed by atoms with E-state index in [9.17, 15) is 0 Å². The lowest BCUT2D eigenvalue weighted by molar-refractivity contribution is 0.810. The van der Waals surface area contributed by atoms with Crippen LogP contribution in [0.3, 0.4) is 0 Å². The molecule has 23 heavy (non-hydrogen) atoms. The van der Waals surface area contributed by atoms with Crippen LogP contribution in [-0.4, -0.2) is 12.8 Å². The molecule has 0 heterocycles. The molecule has 0 atom stereocenters. The Labute approximate surface area is 139 Å². The van der Waals surface area contributed by atoms with Crippen LogP contribution in [0.1, 0.15) is 51.2 Å². The molecular weight excluding hydrogens is 278 g/mol. The molecule has 0 saturated heterocycles. The molecular formula is C22H25N. The average Bonchev–Trinajstić information content (AvgIpc) is 2.89. The Hall–Kier alpha value is -2.15. The van der Waals surface area contributed by atoms with Gasteiger partial charge in [0.15, 0.2) is 0 Å². The van der Waals surface area contributed by atoms with Crippen LogP contribution in [0.2, 0.25) is 0 Å². The summed E-state index contributed by atoms with van der Waals surface area (Å²) in [7, 11) is 0. The summed E-state index contributed by atoms with van der Waals surface area (Å²) in [6, 6.07) is 13.1. The molecule has 1 heteroatoms. The Morgan fingerprint density at radius 3 is 2.65 bits per heavy atom. The van der Waals surface area contributed by atoms with Crippen molar-refractivity contribution in [2.45, 2.75) is 40.0 Å². The van der Waals surface area contributed by atoms with Gasteiger partial charge in [0.25, 0.3) is 0 Å². The van der Waals surface area contributed by atoms with Crippen molar-refractivity contribution >= 4 is 22.6 Å². The molecule has 0 radical (unpaired) electrons. The van der Waals surface area contributed by atoms with Gasteiger partial charge < -0.3 is 0 Å². The van der Waals surface area contributed by atoms with E-state index in [0.717, 1.165) is 19.4 Å². The van der Waals surface area contributed by atoms with E-state index in [1.54, 1.807) is 0 Å². The maximum atomic E-state index is 4.69. The second-order valence-corrected chi connectivity index (χ2v) is 6.47. The number of unbranched alkanes of at least 4 members (excludes halogenated alkanes) is 1. The molecule has 0 spiro atoms. The van der Waals surface area contributed by atoms with Gasteiger partial charge in [-0.15, -0.1) is 0 Å². The van der Waals surface area contributed by atoms with Gasteiger partial charge >= 0.3 is 0 Å². The van der Waals surface area contributed by atoms with Crippen molar-refractivity contribution < 1.29 is 0 Å². The Morgan fingerprint density at radius 1 is 1.09 bits per heavy atom. The number of benzene rings is 2. The average molecular weight is 303 g/mol. The van der Waals surface area contributed by atoms with Crippen LogP contribution in [0, 0.1) is 0 Å². The topological polar surface area (TPSA) is 12.4 Å². The Morgan fingerprint density at radius 2 is 1.91 bits per heavy atom. The third-order valence-corrected chi connectivity index (χ3v) is 4.55. The molecule has 3 rings (SSSR count). The van der Waals surface area contributed by atoms with E-state index in [1.807, 2.05) is 0 Å². The van der Waals surface area contributed by atoms with E-state index in [-0.39, 0.29) is 0 Å². The van der Waals surface area contributed by atoms with E-state index in [4.69, 9.17) is 4.99 Å². The summed E-state index contributed by atoms with van der Waals surface area (Å²) in [6.45, 7) is 7.56. The normalized spacial score (nSPS) is 15.0. The van der Waals surface area contributed by atoms with E-state index in [2.05, 4.69) is 69.5 Å².